The first-order chi connectivity index (χ1) is 19.0. The lowest BCUT2D eigenvalue weighted by Crippen LogP contribution is -2.57. The Kier molecular flexibility index (Phi) is 5.85. The molecule has 40 heavy (non-hydrogen) atoms. The van der Waals surface area contributed by atoms with Crippen LogP contribution in [-0.4, -0.2) is 67.8 Å². The number of carbonyl (C=O) groups excluding carboxylic acids is 3. The van der Waals surface area contributed by atoms with Gasteiger partial charge in [0.15, 0.2) is 11.4 Å². The van der Waals surface area contributed by atoms with Gasteiger partial charge < -0.3 is 31.1 Å². The Balaban J connectivity index is 1.41. The van der Waals surface area contributed by atoms with Crippen LogP contribution in [0.5, 0.6) is 5.75 Å². The summed E-state index contributed by atoms with van der Waals surface area (Å²) in [5.74, 6) is -5.39. The molecule has 10 nitrogen and oxygen atoms in total. The molecule has 1 fully saturated rings. The summed E-state index contributed by atoms with van der Waals surface area (Å²) in [4.78, 5) is 45.5. The molecule has 2 aromatic carbocycles. The Bertz CT molecular complexity index is 1590. The second-order valence-electron chi connectivity index (χ2n) is 11.0. The van der Waals surface area contributed by atoms with Gasteiger partial charge in [-0.1, -0.05) is 18.2 Å². The third-order valence-corrected chi connectivity index (χ3v) is 8.72. The molecule has 0 aromatic heterocycles. The minimum atomic E-state index is -2.58. The highest BCUT2D eigenvalue weighted by Gasteiger charge is 2.59. The van der Waals surface area contributed by atoms with E-state index in [2.05, 4.69) is 4.90 Å². The fraction of sp³-hybridized carbons (Fsp3) is 0.333. The van der Waals surface area contributed by atoms with Crippen molar-refractivity contribution < 1.29 is 34.8 Å². The predicted molar refractivity (Wildman–Crippen MR) is 145 cm³/mol. The second kappa shape index (κ2) is 9.06. The van der Waals surface area contributed by atoms with Gasteiger partial charge in [-0.05, 0) is 60.1 Å². The standard InChI is InChI=1S/C30H29N3O7/c1-33-10-2-3-22(33)32-17-6-4-14(5-7-17)18-8-9-20(34)24-19(18)12-15-11-16-13-21(35)25(29(31)39)28(38)30(16,40)27(37)23(15)26(24)36/h4-9,15-16,34-35,37,40H,2-3,10-13H2,1H3,(H2,31,39)/b32-22+/t15-,16+,30+/m1/s1. The number of phenols is 1. The summed E-state index contributed by atoms with van der Waals surface area (Å²) in [7, 11) is 2.02. The van der Waals surface area contributed by atoms with Crippen molar-refractivity contribution in [2.24, 2.45) is 22.6 Å². The van der Waals surface area contributed by atoms with Crippen LogP contribution in [0.2, 0.25) is 0 Å². The normalized spacial score (nSPS) is 27.1. The number of aliphatic hydroxyl groups excluding tert-OH is 2. The number of hydrogen-bond donors (Lipinski definition) is 5. The zero-order valence-electron chi connectivity index (χ0n) is 21.8. The van der Waals surface area contributed by atoms with E-state index in [0.717, 1.165) is 42.0 Å². The lowest BCUT2D eigenvalue weighted by Gasteiger charge is -2.45. The third kappa shape index (κ3) is 3.66. The molecule has 6 N–H and O–H groups in total. The van der Waals surface area contributed by atoms with Gasteiger partial charge in [-0.15, -0.1) is 0 Å². The van der Waals surface area contributed by atoms with Crippen LogP contribution >= 0.6 is 0 Å². The Hall–Kier alpha value is -4.44. The maximum atomic E-state index is 13.8. The molecule has 3 aliphatic carbocycles. The quantitative estimate of drug-likeness (QED) is 0.367. The Morgan fingerprint density at radius 2 is 1.80 bits per heavy atom. The molecule has 0 radical (unpaired) electrons. The Morgan fingerprint density at radius 1 is 1.07 bits per heavy atom. The molecular weight excluding hydrogens is 514 g/mol. The number of fused-ring (bicyclic) bond motifs is 3. The number of Topliss-reactive ketones (excluding diaryl/α,β-unsaturated/α-hetero) is 2. The van der Waals surface area contributed by atoms with E-state index in [4.69, 9.17) is 10.7 Å². The molecule has 206 valence electrons. The van der Waals surface area contributed by atoms with E-state index in [9.17, 15) is 34.8 Å². The number of aliphatic hydroxyl groups is 3. The number of rotatable bonds is 3. The SMILES string of the molecule is CN1CCC/C1=N\c1ccc(-c2ccc(O)c3c2C[C@H]2C[C@H]4CC(O)=C(C(N)=O)C(=O)[C@@]4(O)C(O)=C2C3=O)cc1. The number of amides is 1. The second-order valence-corrected chi connectivity index (χ2v) is 11.0. The monoisotopic (exact) mass is 543 g/mol. The van der Waals surface area contributed by atoms with Crippen LogP contribution < -0.4 is 5.73 Å². The van der Waals surface area contributed by atoms with E-state index in [1.807, 2.05) is 31.3 Å². The Morgan fingerprint density at radius 3 is 2.45 bits per heavy atom. The van der Waals surface area contributed by atoms with E-state index in [1.54, 1.807) is 6.07 Å². The number of carbonyl (C=O) groups is 3. The highest BCUT2D eigenvalue weighted by Crippen LogP contribution is 2.52. The maximum Gasteiger partial charge on any atom is 0.255 e. The third-order valence-electron chi connectivity index (χ3n) is 8.72. The molecule has 0 spiro atoms. The van der Waals surface area contributed by atoms with E-state index >= 15 is 0 Å². The first-order valence-corrected chi connectivity index (χ1v) is 13.2. The molecule has 3 atom stereocenters. The minimum Gasteiger partial charge on any atom is -0.511 e. The van der Waals surface area contributed by atoms with Crippen LogP contribution in [0.25, 0.3) is 11.1 Å². The lowest BCUT2D eigenvalue weighted by molar-refractivity contribution is -0.144. The van der Waals surface area contributed by atoms with Crippen molar-refractivity contribution >= 4 is 29.0 Å². The number of nitrogens with zero attached hydrogens (tertiary/aromatic N) is 2. The number of phenolic OH excluding ortho intramolecular Hbond substituents is 1. The van der Waals surface area contributed by atoms with Crippen molar-refractivity contribution in [2.45, 2.75) is 37.7 Å². The molecule has 1 amide bonds. The fourth-order valence-corrected chi connectivity index (χ4v) is 6.69. The zero-order valence-corrected chi connectivity index (χ0v) is 21.8. The summed E-state index contributed by atoms with van der Waals surface area (Å²) in [6.45, 7) is 0.979. The molecule has 1 saturated heterocycles. The van der Waals surface area contributed by atoms with Gasteiger partial charge in [-0.25, -0.2) is 4.99 Å². The predicted octanol–water partition coefficient (Wildman–Crippen LogP) is 3.00. The van der Waals surface area contributed by atoms with Crippen LogP contribution in [0, 0.1) is 11.8 Å². The van der Waals surface area contributed by atoms with Crippen LogP contribution in [-0.2, 0) is 16.0 Å². The zero-order chi connectivity index (χ0) is 28.5. The highest BCUT2D eigenvalue weighted by atomic mass is 16.3. The number of amidine groups is 1. The van der Waals surface area contributed by atoms with Gasteiger partial charge >= 0.3 is 0 Å². The largest absolute Gasteiger partial charge is 0.511 e. The molecule has 2 aromatic rings. The number of likely N-dealkylation sites (tertiary alicyclic amines) is 1. The molecule has 1 aliphatic heterocycles. The summed E-state index contributed by atoms with van der Waals surface area (Å²) in [6.07, 6.45) is 2.06. The number of aliphatic imine (C=N–C) groups is 1. The van der Waals surface area contributed by atoms with Crippen LogP contribution in [0.15, 0.2) is 64.1 Å². The van der Waals surface area contributed by atoms with Crippen molar-refractivity contribution in [2.75, 3.05) is 13.6 Å². The number of primary amides is 1. The lowest BCUT2D eigenvalue weighted by atomic mass is 9.60. The topological polar surface area (TPSA) is 174 Å². The number of allylic oxidation sites excluding steroid dienone is 2. The van der Waals surface area contributed by atoms with E-state index in [-0.39, 0.29) is 36.1 Å². The highest BCUT2D eigenvalue weighted by molar-refractivity contribution is 6.24. The molecule has 0 saturated carbocycles. The van der Waals surface area contributed by atoms with Gasteiger partial charge in [0.05, 0.1) is 11.3 Å². The maximum absolute atomic E-state index is 13.8. The smallest absolute Gasteiger partial charge is 0.255 e. The number of aromatic hydroxyl groups is 1. The average molecular weight is 544 g/mol. The molecule has 1 heterocycles. The van der Waals surface area contributed by atoms with Gasteiger partial charge in [0, 0.05) is 37.9 Å². The van der Waals surface area contributed by atoms with E-state index in [0.29, 0.717) is 5.56 Å². The van der Waals surface area contributed by atoms with Gasteiger partial charge in [0.2, 0.25) is 5.78 Å². The van der Waals surface area contributed by atoms with E-state index in [1.165, 1.54) is 6.07 Å². The number of nitrogens with two attached hydrogens (primary N) is 1. The molecule has 10 heteroatoms. The van der Waals surface area contributed by atoms with Gasteiger partial charge in [-0.3, -0.25) is 14.4 Å². The van der Waals surface area contributed by atoms with Crippen molar-refractivity contribution in [1.29, 1.82) is 0 Å². The Labute approximate surface area is 229 Å². The van der Waals surface area contributed by atoms with Crippen molar-refractivity contribution in [1.82, 2.24) is 4.90 Å². The molecular formula is C30H29N3O7. The van der Waals surface area contributed by atoms with Crippen LogP contribution in [0.4, 0.5) is 5.69 Å². The number of hydrogen-bond acceptors (Lipinski definition) is 8. The fourth-order valence-electron chi connectivity index (χ4n) is 6.69. The van der Waals surface area contributed by atoms with Crippen molar-refractivity contribution in [3.8, 4) is 16.9 Å². The summed E-state index contributed by atoms with van der Waals surface area (Å²) in [5, 5.41) is 43.6. The summed E-state index contributed by atoms with van der Waals surface area (Å²) in [6, 6.07) is 10.7. The van der Waals surface area contributed by atoms with Gasteiger partial charge in [0.25, 0.3) is 5.91 Å². The van der Waals surface area contributed by atoms with E-state index < -0.39 is 52.0 Å². The molecule has 6 rings (SSSR count). The molecule has 0 unspecified atom stereocenters. The summed E-state index contributed by atoms with van der Waals surface area (Å²) in [5.41, 5.74) is 4.65. The minimum absolute atomic E-state index is 0.00831. The molecule has 4 aliphatic rings. The van der Waals surface area contributed by atoms with Gasteiger partial charge in [0.1, 0.15) is 28.7 Å². The first-order valence-electron chi connectivity index (χ1n) is 13.2. The first kappa shape index (κ1) is 25.8. The summed E-state index contributed by atoms with van der Waals surface area (Å²) < 4.78 is 0. The number of ketones is 2. The van der Waals surface area contributed by atoms with Crippen molar-refractivity contribution in [3.63, 3.8) is 0 Å². The average Bonchev–Trinajstić information content (AvgIpc) is 3.30. The van der Waals surface area contributed by atoms with Gasteiger partial charge in [-0.2, -0.15) is 0 Å². The molecule has 0 bridgehead atoms. The van der Waals surface area contributed by atoms with Crippen molar-refractivity contribution in [3.05, 3.63) is 70.2 Å². The van der Waals surface area contributed by atoms with Crippen LogP contribution in [0.3, 0.4) is 0 Å². The number of benzene rings is 2. The van der Waals surface area contributed by atoms with Crippen LogP contribution in [0.1, 0.15) is 41.6 Å². The summed E-state index contributed by atoms with van der Waals surface area (Å²) >= 11 is 0.